The fourth-order valence-corrected chi connectivity index (χ4v) is 6.90. The second-order valence-electron chi connectivity index (χ2n) is 9.71. The Hall–Kier alpha value is -2.94. The lowest BCUT2D eigenvalue weighted by Gasteiger charge is -2.17. The molecule has 4 heterocycles. The minimum Gasteiger partial charge on any atom is -0.478 e. The summed E-state index contributed by atoms with van der Waals surface area (Å²) in [5, 5.41) is 15.5. The average molecular weight is 539 g/mol. The number of carboxylic acids is 1. The molecule has 10 heteroatoms. The van der Waals surface area contributed by atoms with Crippen molar-refractivity contribution in [3.8, 4) is 11.3 Å². The third-order valence-corrected chi connectivity index (χ3v) is 9.09. The normalized spacial score (nSPS) is 23.1. The van der Waals surface area contributed by atoms with Crippen LogP contribution in [-0.4, -0.2) is 39.3 Å². The van der Waals surface area contributed by atoms with Crippen molar-refractivity contribution in [2.24, 2.45) is 17.8 Å². The van der Waals surface area contributed by atoms with Crippen molar-refractivity contribution in [3.05, 3.63) is 63.6 Å². The first-order chi connectivity index (χ1) is 17.5. The number of hydrogen-bond donors (Lipinski definition) is 1. The van der Waals surface area contributed by atoms with Gasteiger partial charge in [0.2, 0.25) is 0 Å². The van der Waals surface area contributed by atoms with Gasteiger partial charge in [-0.25, -0.2) is 9.78 Å². The minimum atomic E-state index is -0.918. The van der Waals surface area contributed by atoms with E-state index in [1.807, 2.05) is 0 Å². The summed E-state index contributed by atoms with van der Waals surface area (Å²) in [5.41, 5.74) is 3.44. The first kappa shape index (κ1) is 22.3. The van der Waals surface area contributed by atoms with E-state index in [9.17, 15) is 9.90 Å². The van der Waals surface area contributed by atoms with E-state index in [0.29, 0.717) is 50.5 Å². The first-order valence-electron chi connectivity index (χ1n) is 11.8. The molecule has 2 saturated carbocycles. The van der Waals surface area contributed by atoms with Crippen molar-refractivity contribution in [2.75, 3.05) is 18.0 Å². The Balaban J connectivity index is 1.10. The fourth-order valence-electron chi connectivity index (χ4n) is 5.33. The molecule has 1 N–H and O–H groups in total. The monoisotopic (exact) mass is 538 g/mol. The smallest absolute Gasteiger partial charge is 0.335 e. The lowest BCUT2D eigenvalue weighted by molar-refractivity contribution is 0.0697. The zero-order valence-electron chi connectivity index (χ0n) is 18.9. The number of pyridine rings is 1. The highest BCUT2D eigenvalue weighted by Gasteiger charge is 2.54. The van der Waals surface area contributed by atoms with Gasteiger partial charge in [-0.15, -0.1) is 0 Å². The van der Waals surface area contributed by atoms with Crippen LogP contribution in [0.5, 0.6) is 0 Å². The van der Waals surface area contributed by atoms with Gasteiger partial charge < -0.3 is 14.5 Å². The third-order valence-electron chi connectivity index (χ3n) is 7.43. The van der Waals surface area contributed by atoms with E-state index >= 15 is 0 Å². The molecule has 3 fully saturated rings. The molecule has 182 valence electrons. The molecule has 2 atom stereocenters. The maximum atomic E-state index is 11.3. The van der Waals surface area contributed by atoms with E-state index in [2.05, 4.69) is 27.2 Å². The summed E-state index contributed by atoms with van der Waals surface area (Å²) in [6.07, 6.45) is 9.79. The molecule has 1 aromatic carbocycles. The van der Waals surface area contributed by atoms with E-state index < -0.39 is 5.97 Å². The number of allylic oxidation sites excluding steroid dienone is 1. The van der Waals surface area contributed by atoms with Crippen molar-refractivity contribution in [2.45, 2.75) is 18.8 Å². The fraction of sp³-hybridized carbons (Fsp3) is 0.308. The van der Waals surface area contributed by atoms with Crippen LogP contribution in [0.4, 0.5) is 5.13 Å². The molecular formula is C26H20Cl2N4O3S. The van der Waals surface area contributed by atoms with Crippen molar-refractivity contribution in [1.29, 1.82) is 0 Å². The lowest BCUT2D eigenvalue weighted by atomic mass is 10.0. The van der Waals surface area contributed by atoms with Crippen LogP contribution in [0.1, 0.15) is 40.4 Å². The Labute approximate surface area is 220 Å². The number of carboxylic acid groups (broad SMARTS) is 1. The summed E-state index contributed by atoms with van der Waals surface area (Å²) in [5.74, 6) is 2.03. The van der Waals surface area contributed by atoms with Crippen molar-refractivity contribution >= 4 is 61.9 Å². The second kappa shape index (κ2) is 8.30. The third kappa shape index (κ3) is 3.70. The van der Waals surface area contributed by atoms with E-state index in [0.717, 1.165) is 52.6 Å². The summed E-state index contributed by atoms with van der Waals surface area (Å²) in [6, 6.07) is 5.10. The molecule has 4 aromatic rings. The topological polar surface area (TPSA) is 92.3 Å². The molecule has 0 spiro atoms. The SMILES string of the molecule is O=C(O)c1ccc2nc(N3CC4C(C=Cc5c(-c6c(Cl)cncc6Cl)noc5C5CC5)C4C3)sc2c1. The predicted molar refractivity (Wildman–Crippen MR) is 140 cm³/mol. The van der Waals surface area contributed by atoms with Gasteiger partial charge in [-0.05, 0) is 48.8 Å². The molecule has 1 aliphatic heterocycles. The van der Waals surface area contributed by atoms with Crippen molar-refractivity contribution in [3.63, 3.8) is 0 Å². The van der Waals surface area contributed by atoms with E-state index in [1.165, 1.54) is 0 Å². The molecule has 0 amide bonds. The predicted octanol–water partition coefficient (Wildman–Crippen LogP) is 6.62. The number of aromatic nitrogens is 3. The maximum Gasteiger partial charge on any atom is 0.335 e. The molecule has 1 saturated heterocycles. The number of aromatic carboxylic acids is 1. The van der Waals surface area contributed by atoms with E-state index in [1.54, 1.807) is 41.9 Å². The van der Waals surface area contributed by atoms with Crippen molar-refractivity contribution < 1.29 is 14.4 Å². The first-order valence-corrected chi connectivity index (χ1v) is 13.4. The molecule has 36 heavy (non-hydrogen) atoms. The largest absolute Gasteiger partial charge is 0.478 e. The van der Waals surface area contributed by atoms with Crippen LogP contribution in [0.15, 0.2) is 41.2 Å². The minimum absolute atomic E-state index is 0.292. The Morgan fingerprint density at radius 1 is 1.17 bits per heavy atom. The number of rotatable bonds is 6. The number of halogens is 2. The molecule has 7 rings (SSSR count). The number of nitrogens with zero attached hydrogens (tertiary/aromatic N) is 4. The molecule has 2 unspecified atom stereocenters. The van der Waals surface area contributed by atoms with Crippen LogP contribution in [0.2, 0.25) is 10.0 Å². The quantitative estimate of drug-likeness (QED) is 0.294. The second-order valence-corrected chi connectivity index (χ2v) is 11.5. The van der Waals surface area contributed by atoms with Gasteiger partial charge in [0.15, 0.2) is 5.13 Å². The van der Waals surface area contributed by atoms with Crippen LogP contribution in [0, 0.1) is 17.8 Å². The summed E-state index contributed by atoms with van der Waals surface area (Å²) in [6.45, 7) is 1.89. The van der Waals surface area contributed by atoms with Crippen LogP contribution in [0.3, 0.4) is 0 Å². The van der Waals surface area contributed by atoms with Gasteiger partial charge in [-0.3, -0.25) is 4.98 Å². The van der Waals surface area contributed by atoms with E-state index in [-0.39, 0.29) is 0 Å². The van der Waals surface area contributed by atoms with Crippen molar-refractivity contribution in [1.82, 2.24) is 15.1 Å². The highest BCUT2D eigenvalue weighted by Crippen LogP contribution is 2.54. The number of hydrogen-bond acceptors (Lipinski definition) is 7. The summed E-state index contributed by atoms with van der Waals surface area (Å²) < 4.78 is 6.67. The van der Waals surface area contributed by atoms with Crippen LogP contribution in [0.25, 0.3) is 27.6 Å². The molecule has 3 aromatic heterocycles. The van der Waals surface area contributed by atoms with Gasteiger partial charge in [-0.2, -0.15) is 0 Å². The number of thiazole rings is 1. The van der Waals surface area contributed by atoms with Gasteiger partial charge in [0.25, 0.3) is 0 Å². The molecular weight excluding hydrogens is 519 g/mol. The van der Waals surface area contributed by atoms with Crippen LogP contribution in [-0.2, 0) is 0 Å². The molecule has 0 radical (unpaired) electrons. The van der Waals surface area contributed by atoms with Crippen LogP contribution < -0.4 is 4.90 Å². The Morgan fingerprint density at radius 3 is 2.61 bits per heavy atom. The van der Waals surface area contributed by atoms with Crippen LogP contribution >= 0.6 is 34.5 Å². The molecule has 2 aliphatic carbocycles. The van der Waals surface area contributed by atoms with Gasteiger partial charge in [-0.1, -0.05) is 51.8 Å². The van der Waals surface area contributed by atoms with Gasteiger partial charge in [0.05, 0.1) is 25.8 Å². The standard InChI is InChI=1S/C26H20Cl2N4O3S/c27-18-8-29-9-19(28)22(18)23-15(24(35-31-23)12-1-2-12)5-4-14-16-10-32(11-17(14)16)26-30-20-6-3-13(25(33)34)7-21(20)36-26/h3-9,12,14,16-17H,1-2,10-11H2,(H,33,34). The summed E-state index contributed by atoms with van der Waals surface area (Å²) in [7, 11) is 0. The number of anilines is 1. The summed E-state index contributed by atoms with van der Waals surface area (Å²) in [4.78, 5) is 22.4. The Kier molecular flexibility index (Phi) is 5.13. The number of piperidine rings is 1. The molecule has 0 bridgehead atoms. The van der Waals surface area contributed by atoms with Gasteiger partial charge in [0.1, 0.15) is 11.5 Å². The van der Waals surface area contributed by atoms with E-state index in [4.69, 9.17) is 32.7 Å². The lowest BCUT2D eigenvalue weighted by Crippen LogP contribution is -2.23. The number of carbonyl (C=O) groups is 1. The highest BCUT2D eigenvalue weighted by atomic mass is 35.5. The van der Waals surface area contributed by atoms with Gasteiger partial charge in [0, 0.05) is 42.5 Å². The van der Waals surface area contributed by atoms with Gasteiger partial charge >= 0.3 is 5.97 Å². The Bertz CT molecular complexity index is 1530. The maximum absolute atomic E-state index is 11.3. The molecule has 3 aliphatic rings. The Morgan fingerprint density at radius 2 is 1.92 bits per heavy atom. The number of fused-ring (bicyclic) bond motifs is 2. The summed E-state index contributed by atoms with van der Waals surface area (Å²) >= 11 is 14.4. The molecule has 7 nitrogen and oxygen atoms in total. The zero-order chi connectivity index (χ0) is 24.6. The highest BCUT2D eigenvalue weighted by molar-refractivity contribution is 7.22. The number of benzene rings is 1. The average Bonchev–Trinajstić information content (AvgIpc) is 3.62. The zero-order valence-corrected chi connectivity index (χ0v) is 21.2.